The fourth-order valence-corrected chi connectivity index (χ4v) is 4.35. The topological polar surface area (TPSA) is 95.3 Å². The van der Waals surface area contributed by atoms with Gasteiger partial charge < -0.3 is 20.5 Å². The molecule has 2 aromatic carbocycles. The van der Waals surface area contributed by atoms with Crippen LogP contribution >= 0.6 is 11.6 Å². The minimum absolute atomic E-state index is 0.0155. The molecule has 4 aromatic rings. The van der Waals surface area contributed by atoms with Crippen LogP contribution in [0.2, 0.25) is 5.15 Å². The number of halogens is 1. The zero-order valence-electron chi connectivity index (χ0n) is 17.6. The van der Waals surface area contributed by atoms with Crippen molar-refractivity contribution in [3.63, 3.8) is 0 Å². The van der Waals surface area contributed by atoms with Gasteiger partial charge in [-0.3, -0.25) is 9.59 Å². The molecule has 3 N–H and O–H groups in total. The predicted molar refractivity (Wildman–Crippen MR) is 126 cm³/mol. The van der Waals surface area contributed by atoms with Gasteiger partial charge in [0.25, 0.3) is 11.8 Å². The maximum absolute atomic E-state index is 13.0. The number of carbonyl (C=O) groups is 2. The second kappa shape index (κ2) is 7.93. The summed E-state index contributed by atoms with van der Waals surface area (Å²) >= 11 is 5.92. The van der Waals surface area contributed by atoms with Crippen molar-refractivity contribution in [2.75, 3.05) is 33.2 Å². The molecule has 1 fully saturated rings. The molecular weight excluding hydrogens is 426 g/mol. The van der Waals surface area contributed by atoms with Gasteiger partial charge in [-0.05, 0) is 49.0 Å². The Kier molecular flexibility index (Phi) is 5.07. The van der Waals surface area contributed by atoms with Crippen molar-refractivity contribution in [1.29, 1.82) is 0 Å². The van der Waals surface area contributed by atoms with Gasteiger partial charge in [-0.25, -0.2) is 4.98 Å². The summed E-state index contributed by atoms with van der Waals surface area (Å²) in [5.74, 6) is -0.513. The normalized spacial score (nSPS) is 14.9. The minimum atomic E-state index is -0.529. The number of likely N-dealkylation sites (N-methyl/N-ethyl adjacent to an activating group) is 1. The van der Waals surface area contributed by atoms with E-state index in [4.69, 9.17) is 17.3 Å². The molecule has 1 aliphatic heterocycles. The molecule has 5 rings (SSSR count). The van der Waals surface area contributed by atoms with E-state index in [-0.39, 0.29) is 5.91 Å². The molecule has 2 amide bonds. The Morgan fingerprint density at radius 2 is 1.78 bits per heavy atom. The van der Waals surface area contributed by atoms with Crippen LogP contribution in [0.5, 0.6) is 0 Å². The number of benzene rings is 2. The van der Waals surface area contributed by atoms with Gasteiger partial charge in [-0.2, -0.15) is 0 Å². The van der Waals surface area contributed by atoms with Crippen molar-refractivity contribution in [1.82, 2.24) is 19.8 Å². The summed E-state index contributed by atoms with van der Waals surface area (Å²) < 4.78 is 0. The highest BCUT2D eigenvalue weighted by Gasteiger charge is 2.21. The highest BCUT2D eigenvalue weighted by Crippen LogP contribution is 2.33. The fourth-order valence-electron chi connectivity index (χ4n) is 4.24. The van der Waals surface area contributed by atoms with Crippen LogP contribution < -0.4 is 5.73 Å². The highest BCUT2D eigenvalue weighted by molar-refractivity contribution is 6.29. The summed E-state index contributed by atoms with van der Waals surface area (Å²) in [4.78, 5) is 36.8. The molecule has 0 atom stereocenters. The number of piperazine rings is 1. The Balaban J connectivity index is 1.61. The summed E-state index contributed by atoms with van der Waals surface area (Å²) in [6, 6.07) is 12.9. The first-order valence-electron chi connectivity index (χ1n) is 10.4. The van der Waals surface area contributed by atoms with Gasteiger partial charge in [0.1, 0.15) is 5.15 Å². The Morgan fingerprint density at radius 1 is 1.00 bits per heavy atom. The van der Waals surface area contributed by atoms with Crippen LogP contribution in [0.15, 0.2) is 48.7 Å². The van der Waals surface area contributed by atoms with Gasteiger partial charge in [-0.1, -0.05) is 17.7 Å². The van der Waals surface area contributed by atoms with Crippen LogP contribution in [-0.2, 0) is 0 Å². The first kappa shape index (κ1) is 20.5. The number of carbonyl (C=O) groups excluding carboxylic acids is 2. The monoisotopic (exact) mass is 447 g/mol. The number of pyridine rings is 1. The average Bonchev–Trinajstić information content (AvgIpc) is 3.16. The van der Waals surface area contributed by atoms with E-state index in [0.717, 1.165) is 40.5 Å². The van der Waals surface area contributed by atoms with Crippen molar-refractivity contribution in [3.8, 4) is 11.1 Å². The number of primary amides is 1. The molecule has 0 spiro atoms. The van der Waals surface area contributed by atoms with Gasteiger partial charge in [0.05, 0.1) is 11.1 Å². The lowest BCUT2D eigenvalue weighted by atomic mass is 9.99. The summed E-state index contributed by atoms with van der Waals surface area (Å²) in [5, 5.41) is 2.18. The lowest BCUT2D eigenvalue weighted by Crippen LogP contribution is -2.47. The van der Waals surface area contributed by atoms with Crippen LogP contribution in [0, 0.1) is 0 Å². The van der Waals surface area contributed by atoms with E-state index in [9.17, 15) is 9.59 Å². The number of nitrogens with one attached hydrogen (secondary N) is 1. The number of rotatable bonds is 3. The molecule has 3 heterocycles. The van der Waals surface area contributed by atoms with E-state index in [1.165, 1.54) is 0 Å². The lowest BCUT2D eigenvalue weighted by Gasteiger charge is -2.32. The number of fused-ring (bicyclic) bond motifs is 3. The van der Waals surface area contributed by atoms with E-state index < -0.39 is 5.91 Å². The van der Waals surface area contributed by atoms with Gasteiger partial charge >= 0.3 is 0 Å². The fraction of sp³-hybridized carbons (Fsp3) is 0.208. The summed E-state index contributed by atoms with van der Waals surface area (Å²) in [7, 11) is 2.06. The highest BCUT2D eigenvalue weighted by atomic mass is 35.5. The first-order valence-corrected chi connectivity index (χ1v) is 10.8. The molecule has 1 aliphatic rings. The summed E-state index contributed by atoms with van der Waals surface area (Å²) in [6.45, 7) is 3.16. The molecular formula is C24H22ClN5O2. The minimum Gasteiger partial charge on any atom is -0.366 e. The Morgan fingerprint density at radius 3 is 2.47 bits per heavy atom. The van der Waals surface area contributed by atoms with E-state index in [1.807, 2.05) is 35.2 Å². The molecule has 8 heteroatoms. The number of aromatic nitrogens is 2. The number of H-pyrrole nitrogens is 1. The number of aromatic amines is 1. The molecule has 2 aromatic heterocycles. The number of nitrogens with two attached hydrogens (primary N) is 1. The quantitative estimate of drug-likeness (QED) is 0.470. The molecule has 162 valence electrons. The molecule has 0 bridgehead atoms. The second-order valence-corrected chi connectivity index (χ2v) is 8.55. The number of hydrogen-bond donors (Lipinski definition) is 2. The van der Waals surface area contributed by atoms with E-state index in [2.05, 4.69) is 21.9 Å². The maximum atomic E-state index is 13.0. The van der Waals surface area contributed by atoms with E-state index in [1.54, 1.807) is 18.3 Å². The molecule has 0 aliphatic carbocycles. The zero-order chi connectivity index (χ0) is 22.4. The number of hydrogen-bond acceptors (Lipinski definition) is 4. The first-order chi connectivity index (χ1) is 15.4. The van der Waals surface area contributed by atoms with E-state index in [0.29, 0.717) is 34.9 Å². The van der Waals surface area contributed by atoms with Crippen molar-refractivity contribution in [2.45, 2.75) is 0 Å². The van der Waals surface area contributed by atoms with Gasteiger partial charge in [-0.15, -0.1) is 0 Å². The largest absolute Gasteiger partial charge is 0.366 e. The smallest absolute Gasteiger partial charge is 0.254 e. The van der Waals surface area contributed by atoms with Crippen molar-refractivity contribution in [2.24, 2.45) is 5.73 Å². The van der Waals surface area contributed by atoms with Crippen molar-refractivity contribution in [3.05, 3.63) is 64.9 Å². The molecule has 0 saturated carbocycles. The van der Waals surface area contributed by atoms with E-state index >= 15 is 0 Å². The number of nitrogens with zero attached hydrogens (tertiary/aromatic N) is 3. The molecule has 32 heavy (non-hydrogen) atoms. The third kappa shape index (κ3) is 3.59. The van der Waals surface area contributed by atoms with Crippen LogP contribution in [-0.4, -0.2) is 64.8 Å². The van der Waals surface area contributed by atoms with Crippen molar-refractivity contribution < 1.29 is 9.59 Å². The van der Waals surface area contributed by atoms with Gasteiger partial charge in [0.2, 0.25) is 0 Å². The third-order valence-corrected chi connectivity index (χ3v) is 6.29. The molecule has 0 radical (unpaired) electrons. The molecule has 1 saturated heterocycles. The maximum Gasteiger partial charge on any atom is 0.254 e. The summed E-state index contributed by atoms with van der Waals surface area (Å²) in [5.41, 5.74) is 9.79. The Labute approximate surface area is 189 Å². The average molecular weight is 448 g/mol. The SMILES string of the molecule is CN1CCN(C(=O)c2ccc3c(c2)[nH]c2c(C(N)=O)cc(-c4ccc(Cl)nc4)cc23)CC1. The Hall–Kier alpha value is -3.42. The second-order valence-electron chi connectivity index (χ2n) is 8.16. The lowest BCUT2D eigenvalue weighted by molar-refractivity contribution is 0.0664. The van der Waals surface area contributed by atoms with Crippen LogP contribution in [0.4, 0.5) is 0 Å². The predicted octanol–water partition coefficient (Wildman–Crippen LogP) is 3.52. The van der Waals surface area contributed by atoms with Gasteiger partial charge in [0.15, 0.2) is 0 Å². The zero-order valence-corrected chi connectivity index (χ0v) is 18.3. The Bertz CT molecular complexity index is 1350. The van der Waals surface area contributed by atoms with Gasteiger partial charge in [0, 0.05) is 59.8 Å². The summed E-state index contributed by atoms with van der Waals surface area (Å²) in [6.07, 6.45) is 1.66. The molecule has 7 nitrogen and oxygen atoms in total. The van der Waals surface area contributed by atoms with Crippen LogP contribution in [0.3, 0.4) is 0 Å². The van der Waals surface area contributed by atoms with Crippen LogP contribution in [0.1, 0.15) is 20.7 Å². The van der Waals surface area contributed by atoms with Crippen molar-refractivity contribution >= 4 is 45.2 Å². The number of amides is 2. The third-order valence-electron chi connectivity index (χ3n) is 6.07. The standard InChI is InChI=1S/C24H22ClN5O2/c1-29-6-8-30(9-7-29)24(32)14-2-4-17-18-10-16(15-3-5-21(25)27-13-15)11-19(23(26)31)22(18)28-20(17)12-14/h2-5,10-13,28H,6-9H2,1H3,(H2,26,31). The van der Waals surface area contributed by atoms with Crippen LogP contribution in [0.25, 0.3) is 32.9 Å². The molecule has 0 unspecified atom stereocenters.